The second-order valence-electron chi connectivity index (χ2n) is 6.08. The van der Waals surface area contributed by atoms with Gasteiger partial charge in [-0.1, -0.05) is 11.2 Å². The number of hydrogen-bond acceptors (Lipinski definition) is 4. The Balaban J connectivity index is 1.65. The Hall–Kier alpha value is -2.63. The number of rotatable bonds is 4. The van der Waals surface area contributed by atoms with Crippen molar-refractivity contribution in [2.24, 2.45) is 5.16 Å². The molecule has 2 heterocycles. The fourth-order valence-electron chi connectivity index (χ4n) is 2.68. The van der Waals surface area contributed by atoms with Crippen molar-refractivity contribution in [3.63, 3.8) is 0 Å². The number of aryl methyl sites for hydroxylation is 4. The van der Waals surface area contributed by atoms with E-state index in [0.29, 0.717) is 12.1 Å². The average Bonchev–Trinajstić information content (AvgIpc) is 3.17. The molecule has 0 aliphatic carbocycles. The van der Waals surface area contributed by atoms with Crippen LogP contribution in [0.15, 0.2) is 29.6 Å². The Morgan fingerprint density at radius 1 is 1.33 bits per heavy atom. The third kappa shape index (κ3) is 3.18. The van der Waals surface area contributed by atoms with Crippen LogP contribution in [0.5, 0.6) is 0 Å². The maximum atomic E-state index is 12.4. The largest absolute Gasteiger partial charge is 0.382 e. The van der Waals surface area contributed by atoms with Gasteiger partial charge in [0.2, 0.25) is 6.10 Å². The number of imidazole rings is 1. The number of anilines is 1. The molecule has 1 aliphatic rings. The molecule has 1 aromatic carbocycles. The van der Waals surface area contributed by atoms with E-state index in [0.717, 1.165) is 29.3 Å². The van der Waals surface area contributed by atoms with Crippen LogP contribution in [-0.2, 0) is 16.2 Å². The summed E-state index contributed by atoms with van der Waals surface area (Å²) >= 11 is 0. The molecule has 0 saturated heterocycles. The van der Waals surface area contributed by atoms with E-state index < -0.39 is 6.10 Å². The molecular formula is C18H22N4O2. The van der Waals surface area contributed by atoms with Gasteiger partial charge in [0.25, 0.3) is 5.91 Å². The van der Waals surface area contributed by atoms with Gasteiger partial charge in [0, 0.05) is 24.8 Å². The molecule has 0 spiro atoms. The van der Waals surface area contributed by atoms with Crippen molar-refractivity contribution in [3.8, 4) is 0 Å². The summed E-state index contributed by atoms with van der Waals surface area (Å²) < 4.78 is 2.04. The molecule has 0 saturated carbocycles. The zero-order valence-corrected chi connectivity index (χ0v) is 14.5. The summed E-state index contributed by atoms with van der Waals surface area (Å²) in [6.45, 7) is 8.92. The molecule has 1 aliphatic heterocycles. The van der Waals surface area contributed by atoms with E-state index in [4.69, 9.17) is 4.84 Å². The Morgan fingerprint density at radius 3 is 2.79 bits per heavy atom. The Labute approximate surface area is 141 Å². The van der Waals surface area contributed by atoms with Gasteiger partial charge in [-0.25, -0.2) is 4.98 Å². The van der Waals surface area contributed by atoms with Crippen molar-refractivity contribution in [1.82, 2.24) is 9.55 Å². The Morgan fingerprint density at radius 2 is 2.12 bits per heavy atom. The highest BCUT2D eigenvalue weighted by Crippen LogP contribution is 2.19. The topological polar surface area (TPSA) is 68.5 Å². The van der Waals surface area contributed by atoms with E-state index in [-0.39, 0.29) is 5.91 Å². The van der Waals surface area contributed by atoms with Gasteiger partial charge < -0.3 is 14.7 Å². The van der Waals surface area contributed by atoms with Crippen molar-refractivity contribution in [2.45, 2.75) is 46.8 Å². The highest BCUT2D eigenvalue weighted by molar-refractivity contribution is 6.05. The van der Waals surface area contributed by atoms with Gasteiger partial charge in [-0.15, -0.1) is 0 Å². The molecule has 6 nitrogen and oxygen atoms in total. The fourth-order valence-corrected chi connectivity index (χ4v) is 2.68. The predicted molar refractivity (Wildman–Crippen MR) is 93.2 cm³/mol. The van der Waals surface area contributed by atoms with Gasteiger partial charge in [-0.2, -0.15) is 0 Å². The second-order valence-corrected chi connectivity index (χ2v) is 6.08. The van der Waals surface area contributed by atoms with Gasteiger partial charge in [-0.3, -0.25) is 4.79 Å². The molecule has 24 heavy (non-hydrogen) atoms. The molecule has 0 radical (unpaired) electrons. The number of amides is 1. The third-order valence-corrected chi connectivity index (χ3v) is 4.35. The summed E-state index contributed by atoms with van der Waals surface area (Å²) in [7, 11) is 0. The molecule has 1 aromatic heterocycles. The average molecular weight is 326 g/mol. The lowest BCUT2D eigenvalue weighted by Gasteiger charge is -2.10. The molecule has 126 valence electrons. The van der Waals surface area contributed by atoms with E-state index in [9.17, 15) is 4.79 Å². The van der Waals surface area contributed by atoms with Crippen LogP contribution in [0.4, 0.5) is 5.69 Å². The minimum atomic E-state index is -0.617. The van der Waals surface area contributed by atoms with E-state index in [1.165, 1.54) is 5.56 Å². The summed E-state index contributed by atoms with van der Waals surface area (Å²) in [4.78, 5) is 22.2. The van der Waals surface area contributed by atoms with Crippen molar-refractivity contribution in [2.75, 3.05) is 5.32 Å². The van der Waals surface area contributed by atoms with Crippen molar-refractivity contribution >= 4 is 17.3 Å². The molecule has 6 heteroatoms. The summed E-state index contributed by atoms with van der Waals surface area (Å²) in [5.41, 5.74) is 4.59. The minimum Gasteiger partial charge on any atom is -0.382 e. The van der Waals surface area contributed by atoms with E-state index >= 15 is 0 Å². The van der Waals surface area contributed by atoms with Crippen LogP contribution < -0.4 is 5.32 Å². The lowest BCUT2D eigenvalue weighted by Crippen LogP contribution is -2.28. The SMILES string of the molecule is CCn1cc(C2=NOC(C(=O)Nc3ccc(C)c(C)c3)C2)nc1C. The lowest BCUT2D eigenvalue weighted by atomic mass is 10.1. The van der Waals surface area contributed by atoms with Crippen LogP contribution in [-0.4, -0.2) is 27.3 Å². The number of carbonyl (C=O) groups is 1. The molecule has 0 fully saturated rings. The van der Waals surface area contributed by atoms with Crippen molar-refractivity contribution < 1.29 is 9.63 Å². The lowest BCUT2D eigenvalue weighted by molar-refractivity contribution is -0.125. The summed E-state index contributed by atoms with van der Waals surface area (Å²) in [5.74, 6) is 0.738. The third-order valence-electron chi connectivity index (χ3n) is 4.35. The number of carbonyl (C=O) groups excluding carboxylic acids is 1. The number of hydrogen-bond donors (Lipinski definition) is 1. The smallest absolute Gasteiger partial charge is 0.268 e. The Kier molecular flexibility index (Phi) is 4.38. The van der Waals surface area contributed by atoms with Gasteiger partial charge in [0.1, 0.15) is 17.2 Å². The van der Waals surface area contributed by atoms with Gasteiger partial charge in [0.15, 0.2) is 0 Å². The standard InChI is InChI=1S/C18H22N4O2/c1-5-22-10-16(19-13(22)4)15-9-17(24-21-15)18(23)20-14-7-6-11(2)12(3)8-14/h6-8,10,17H,5,9H2,1-4H3,(H,20,23). The van der Waals surface area contributed by atoms with Crippen LogP contribution >= 0.6 is 0 Å². The first-order valence-electron chi connectivity index (χ1n) is 8.13. The van der Waals surface area contributed by atoms with Crippen molar-refractivity contribution in [3.05, 3.63) is 47.0 Å². The zero-order valence-electron chi connectivity index (χ0n) is 14.5. The number of nitrogens with one attached hydrogen (secondary N) is 1. The number of nitrogens with zero attached hydrogens (tertiary/aromatic N) is 3. The molecule has 3 rings (SSSR count). The highest BCUT2D eigenvalue weighted by atomic mass is 16.6. The van der Waals surface area contributed by atoms with Crippen LogP contribution in [0.1, 0.15) is 36.0 Å². The maximum absolute atomic E-state index is 12.4. The number of aromatic nitrogens is 2. The molecule has 0 bridgehead atoms. The van der Waals surface area contributed by atoms with Crippen molar-refractivity contribution in [1.29, 1.82) is 0 Å². The highest BCUT2D eigenvalue weighted by Gasteiger charge is 2.30. The summed E-state index contributed by atoms with van der Waals surface area (Å²) in [6, 6.07) is 5.84. The first-order valence-corrected chi connectivity index (χ1v) is 8.13. The summed E-state index contributed by atoms with van der Waals surface area (Å²) in [6.07, 6.45) is 1.76. The van der Waals surface area contributed by atoms with Gasteiger partial charge in [0.05, 0.1) is 0 Å². The number of oxime groups is 1. The molecule has 1 amide bonds. The van der Waals surface area contributed by atoms with E-state index in [1.807, 2.05) is 49.7 Å². The predicted octanol–water partition coefficient (Wildman–Crippen LogP) is 2.96. The quantitative estimate of drug-likeness (QED) is 0.939. The van der Waals surface area contributed by atoms with E-state index in [2.05, 4.69) is 22.4 Å². The van der Waals surface area contributed by atoms with Crippen LogP contribution in [0, 0.1) is 20.8 Å². The molecule has 1 atom stereocenters. The molecule has 2 aromatic rings. The second kappa shape index (κ2) is 6.47. The first kappa shape index (κ1) is 16.2. The summed E-state index contributed by atoms with van der Waals surface area (Å²) in [5, 5.41) is 6.94. The Bertz CT molecular complexity index is 807. The van der Waals surface area contributed by atoms with E-state index in [1.54, 1.807) is 0 Å². The zero-order chi connectivity index (χ0) is 17.3. The van der Waals surface area contributed by atoms with Crippen LogP contribution in [0.2, 0.25) is 0 Å². The molecular weight excluding hydrogens is 304 g/mol. The monoisotopic (exact) mass is 326 g/mol. The minimum absolute atomic E-state index is 0.191. The van der Waals surface area contributed by atoms with Crippen LogP contribution in [0.3, 0.4) is 0 Å². The fraction of sp³-hybridized carbons (Fsp3) is 0.389. The molecule has 1 N–H and O–H groups in total. The van der Waals surface area contributed by atoms with Gasteiger partial charge >= 0.3 is 0 Å². The normalized spacial score (nSPS) is 16.7. The maximum Gasteiger partial charge on any atom is 0.268 e. The first-order chi connectivity index (χ1) is 11.5. The van der Waals surface area contributed by atoms with Gasteiger partial charge in [-0.05, 0) is 51.0 Å². The molecule has 1 unspecified atom stereocenters. The number of benzene rings is 1. The van der Waals surface area contributed by atoms with Crippen LogP contribution in [0.25, 0.3) is 0 Å².